The molecule has 3 rings (SSSR count). The summed E-state index contributed by atoms with van der Waals surface area (Å²) < 4.78 is 5.63. The molecule has 0 spiro atoms. The SMILES string of the molecule is CCOc1cc(C(N)=O)ccc1Nc1ncnc2[nH]c(C)c(C)c12. The number of rotatable bonds is 5. The number of nitrogens with two attached hydrogens (primary N) is 1. The maximum Gasteiger partial charge on any atom is 0.248 e. The van der Waals surface area contributed by atoms with Crippen LogP contribution in [0.4, 0.5) is 11.5 Å². The topological polar surface area (TPSA) is 106 Å². The third kappa shape index (κ3) is 2.76. The minimum absolute atomic E-state index is 0.394. The molecule has 3 aromatic rings. The summed E-state index contributed by atoms with van der Waals surface area (Å²) in [5, 5.41) is 4.20. The number of H-pyrrole nitrogens is 1. The minimum atomic E-state index is -0.496. The van der Waals surface area contributed by atoms with Crippen molar-refractivity contribution in [2.45, 2.75) is 20.8 Å². The summed E-state index contributed by atoms with van der Waals surface area (Å²) in [6.45, 7) is 6.36. The number of benzene rings is 1. The van der Waals surface area contributed by atoms with E-state index < -0.39 is 5.91 Å². The molecule has 124 valence electrons. The van der Waals surface area contributed by atoms with Crippen LogP contribution in [0.5, 0.6) is 5.75 Å². The molecule has 7 heteroatoms. The summed E-state index contributed by atoms with van der Waals surface area (Å²) in [6.07, 6.45) is 1.50. The zero-order valence-electron chi connectivity index (χ0n) is 13.8. The molecule has 0 bridgehead atoms. The van der Waals surface area contributed by atoms with Gasteiger partial charge in [0.25, 0.3) is 0 Å². The Balaban J connectivity index is 2.07. The van der Waals surface area contributed by atoms with Crippen LogP contribution < -0.4 is 15.8 Å². The Morgan fingerprint density at radius 2 is 2.12 bits per heavy atom. The molecule has 0 saturated heterocycles. The van der Waals surface area contributed by atoms with E-state index in [9.17, 15) is 4.79 Å². The van der Waals surface area contributed by atoms with E-state index in [4.69, 9.17) is 10.5 Å². The van der Waals surface area contributed by atoms with Crippen molar-refractivity contribution in [3.63, 3.8) is 0 Å². The third-order valence-corrected chi connectivity index (χ3v) is 3.91. The molecule has 7 nitrogen and oxygen atoms in total. The van der Waals surface area contributed by atoms with Gasteiger partial charge in [0.05, 0.1) is 17.7 Å². The van der Waals surface area contributed by atoms with E-state index in [1.165, 1.54) is 6.33 Å². The number of hydrogen-bond acceptors (Lipinski definition) is 5. The number of carbonyl (C=O) groups excluding carboxylic acids is 1. The van der Waals surface area contributed by atoms with Crippen LogP contribution >= 0.6 is 0 Å². The molecule has 24 heavy (non-hydrogen) atoms. The van der Waals surface area contributed by atoms with E-state index in [-0.39, 0.29) is 0 Å². The lowest BCUT2D eigenvalue weighted by Gasteiger charge is -2.13. The number of aromatic amines is 1. The number of hydrogen-bond donors (Lipinski definition) is 3. The van der Waals surface area contributed by atoms with Crippen LogP contribution in [0.1, 0.15) is 28.5 Å². The Bertz CT molecular complexity index is 917. The molecule has 1 amide bonds. The maximum absolute atomic E-state index is 11.4. The molecule has 0 saturated carbocycles. The number of fused-ring (bicyclic) bond motifs is 1. The average molecular weight is 325 g/mol. The number of aromatic nitrogens is 3. The van der Waals surface area contributed by atoms with E-state index in [0.717, 1.165) is 22.3 Å². The molecule has 0 aliphatic heterocycles. The molecule has 2 aromatic heterocycles. The predicted molar refractivity (Wildman–Crippen MR) is 92.8 cm³/mol. The number of nitrogens with zero attached hydrogens (tertiary/aromatic N) is 2. The Kier molecular flexibility index (Phi) is 4.07. The number of primary amides is 1. The van der Waals surface area contributed by atoms with Gasteiger partial charge in [0.2, 0.25) is 5.91 Å². The molecule has 0 unspecified atom stereocenters. The van der Waals surface area contributed by atoms with E-state index >= 15 is 0 Å². The molecule has 0 fully saturated rings. The van der Waals surface area contributed by atoms with Crippen molar-refractivity contribution in [1.29, 1.82) is 0 Å². The van der Waals surface area contributed by atoms with Gasteiger partial charge in [0.15, 0.2) is 0 Å². The highest BCUT2D eigenvalue weighted by Crippen LogP contribution is 2.32. The van der Waals surface area contributed by atoms with Gasteiger partial charge in [-0.25, -0.2) is 9.97 Å². The van der Waals surface area contributed by atoms with Crippen LogP contribution in [0.25, 0.3) is 11.0 Å². The van der Waals surface area contributed by atoms with Gasteiger partial charge in [0.1, 0.15) is 23.5 Å². The summed E-state index contributed by atoms with van der Waals surface area (Å²) in [6, 6.07) is 5.04. The van der Waals surface area contributed by atoms with Gasteiger partial charge in [0, 0.05) is 11.3 Å². The summed E-state index contributed by atoms with van der Waals surface area (Å²) in [4.78, 5) is 23.2. The Hall–Kier alpha value is -3.09. The highest BCUT2D eigenvalue weighted by Gasteiger charge is 2.14. The zero-order valence-corrected chi connectivity index (χ0v) is 13.8. The zero-order chi connectivity index (χ0) is 17.3. The first-order valence-corrected chi connectivity index (χ1v) is 7.64. The van der Waals surface area contributed by atoms with E-state index in [0.29, 0.717) is 29.4 Å². The monoisotopic (exact) mass is 325 g/mol. The molecule has 1 aromatic carbocycles. The van der Waals surface area contributed by atoms with Gasteiger partial charge in [-0.1, -0.05) is 0 Å². The van der Waals surface area contributed by atoms with E-state index in [1.807, 2.05) is 20.8 Å². The fraction of sp³-hybridized carbons (Fsp3) is 0.235. The molecule has 0 radical (unpaired) electrons. The normalized spacial score (nSPS) is 10.8. The van der Waals surface area contributed by atoms with Crippen LogP contribution in [0.3, 0.4) is 0 Å². The van der Waals surface area contributed by atoms with Crippen LogP contribution in [-0.2, 0) is 0 Å². The van der Waals surface area contributed by atoms with Crippen molar-refractivity contribution in [2.24, 2.45) is 5.73 Å². The van der Waals surface area contributed by atoms with E-state index in [2.05, 4.69) is 20.3 Å². The van der Waals surface area contributed by atoms with Crippen LogP contribution in [0.15, 0.2) is 24.5 Å². The van der Waals surface area contributed by atoms with Gasteiger partial charge < -0.3 is 20.8 Å². The lowest BCUT2D eigenvalue weighted by Crippen LogP contribution is -2.11. The van der Waals surface area contributed by atoms with Crippen molar-refractivity contribution in [3.05, 3.63) is 41.3 Å². The highest BCUT2D eigenvalue weighted by atomic mass is 16.5. The maximum atomic E-state index is 11.4. The first-order chi connectivity index (χ1) is 11.5. The molecule has 0 aliphatic carbocycles. The number of anilines is 2. The number of aryl methyl sites for hydroxylation is 2. The van der Waals surface area contributed by atoms with Crippen molar-refractivity contribution >= 4 is 28.4 Å². The second-order valence-electron chi connectivity index (χ2n) is 5.45. The van der Waals surface area contributed by atoms with Crippen molar-refractivity contribution in [3.8, 4) is 5.75 Å². The Morgan fingerprint density at radius 1 is 1.33 bits per heavy atom. The van der Waals surface area contributed by atoms with Gasteiger partial charge >= 0.3 is 0 Å². The van der Waals surface area contributed by atoms with Gasteiger partial charge in [-0.15, -0.1) is 0 Å². The number of carbonyl (C=O) groups is 1. The molecular weight excluding hydrogens is 306 g/mol. The van der Waals surface area contributed by atoms with Gasteiger partial charge in [-0.05, 0) is 44.5 Å². The summed E-state index contributed by atoms with van der Waals surface area (Å²) in [7, 11) is 0. The fourth-order valence-corrected chi connectivity index (χ4v) is 2.57. The lowest BCUT2D eigenvalue weighted by molar-refractivity contribution is 0.1000. The van der Waals surface area contributed by atoms with Crippen LogP contribution in [0.2, 0.25) is 0 Å². The first-order valence-electron chi connectivity index (χ1n) is 7.64. The molecule has 0 atom stereocenters. The largest absolute Gasteiger partial charge is 0.492 e. The average Bonchev–Trinajstić information content (AvgIpc) is 2.85. The molecule has 2 heterocycles. The predicted octanol–water partition coefficient (Wildman–Crippen LogP) is 2.82. The summed E-state index contributed by atoms with van der Waals surface area (Å²) in [5.41, 5.74) is 9.34. The molecule has 0 aliphatic rings. The highest BCUT2D eigenvalue weighted by molar-refractivity contribution is 5.95. The lowest BCUT2D eigenvalue weighted by atomic mass is 10.1. The van der Waals surface area contributed by atoms with Gasteiger partial charge in [-0.2, -0.15) is 0 Å². The second kappa shape index (κ2) is 6.19. The van der Waals surface area contributed by atoms with E-state index in [1.54, 1.807) is 18.2 Å². The van der Waals surface area contributed by atoms with Crippen LogP contribution in [0, 0.1) is 13.8 Å². The van der Waals surface area contributed by atoms with Crippen molar-refractivity contribution in [1.82, 2.24) is 15.0 Å². The standard InChI is InChI=1S/C17H19N5O2/c1-4-24-13-7-11(15(18)23)5-6-12(13)22-17-14-9(2)10(3)21-16(14)19-8-20-17/h5-8H,4H2,1-3H3,(H2,18,23)(H2,19,20,21,22). The quantitative estimate of drug-likeness (QED) is 0.669. The summed E-state index contributed by atoms with van der Waals surface area (Å²) >= 11 is 0. The van der Waals surface area contributed by atoms with Crippen LogP contribution in [-0.4, -0.2) is 27.5 Å². The molecular formula is C17H19N5O2. The minimum Gasteiger partial charge on any atom is -0.492 e. The first kappa shape index (κ1) is 15.8. The fourth-order valence-electron chi connectivity index (χ4n) is 2.57. The summed E-state index contributed by atoms with van der Waals surface area (Å²) in [5.74, 6) is 0.726. The number of amides is 1. The second-order valence-corrected chi connectivity index (χ2v) is 5.45. The molecule has 4 N–H and O–H groups in total. The number of ether oxygens (including phenoxy) is 1. The van der Waals surface area contributed by atoms with Crippen molar-refractivity contribution in [2.75, 3.05) is 11.9 Å². The number of nitrogens with one attached hydrogen (secondary N) is 2. The Labute approximate surface area is 139 Å². The van der Waals surface area contributed by atoms with Gasteiger partial charge in [-0.3, -0.25) is 4.79 Å². The smallest absolute Gasteiger partial charge is 0.248 e. The third-order valence-electron chi connectivity index (χ3n) is 3.91. The van der Waals surface area contributed by atoms with Crippen molar-refractivity contribution < 1.29 is 9.53 Å². The Morgan fingerprint density at radius 3 is 2.83 bits per heavy atom.